The molecule has 0 N–H and O–H groups in total. The molecule has 106 valence electrons. The summed E-state index contributed by atoms with van der Waals surface area (Å²) in [6.07, 6.45) is -2.67. The maximum Gasteiger partial charge on any atom is 0.411 e. The van der Waals surface area contributed by atoms with Crippen LogP contribution in [0.15, 0.2) is 17.5 Å². The number of hydrogen-bond donors (Lipinski definition) is 0. The minimum absolute atomic E-state index is 0.0120. The van der Waals surface area contributed by atoms with Crippen LogP contribution in [0.3, 0.4) is 0 Å². The number of alkyl halides is 3. The van der Waals surface area contributed by atoms with Crippen LogP contribution in [0, 0.1) is 0 Å². The van der Waals surface area contributed by atoms with E-state index < -0.39 is 19.4 Å². The van der Waals surface area contributed by atoms with Crippen LogP contribution < -0.4 is 0 Å². The largest absolute Gasteiger partial charge is 0.411 e. The summed E-state index contributed by atoms with van der Waals surface area (Å²) in [5.41, 5.74) is 0. The fourth-order valence-corrected chi connectivity index (χ4v) is 3.05. The molecule has 0 saturated carbocycles. The third-order valence-corrected chi connectivity index (χ3v) is 3.91. The molecule has 0 radical (unpaired) electrons. The molecule has 19 heavy (non-hydrogen) atoms. The van der Waals surface area contributed by atoms with Gasteiger partial charge in [0.1, 0.15) is 13.2 Å². The summed E-state index contributed by atoms with van der Waals surface area (Å²) < 4.78 is 40.2. The van der Waals surface area contributed by atoms with E-state index in [1.54, 1.807) is 16.2 Å². The number of halogens is 3. The lowest BCUT2D eigenvalue weighted by atomic mass is 10.2. The minimum Gasteiger partial charge on any atom is -0.362 e. The monoisotopic (exact) mass is 293 g/mol. The summed E-state index contributed by atoms with van der Waals surface area (Å²) in [5.74, 6) is -0.375. The van der Waals surface area contributed by atoms with Crippen molar-refractivity contribution in [2.75, 3.05) is 19.8 Å². The van der Waals surface area contributed by atoms with E-state index >= 15 is 0 Å². The van der Waals surface area contributed by atoms with E-state index in [1.165, 1.54) is 0 Å². The quantitative estimate of drug-likeness (QED) is 0.854. The SMILES string of the molecule is O=C(COCC(F)(F)F)N1CCCC1c1cccs1. The molecule has 1 atom stereocenters. The van der Waals surface area contributed by atoms with E-state index in [1.807, 2.05) is 17.5 Å². The molecular formula is C12H14F3NO2S. The molecule has 1 unspecified atom stereocenters. The van der Waals surface area contributed by atoms with Crippen molar-refractivity contribution in [1.29, 1.82) is 0 Å². The lowest BCUT2D eigenvalue weighted by Gasteiger charge is -2.24. The Balaban J connectivity index is 1.88. The normalized spacial score (nSPS) is 19.9. The number of amides is 1. The van der Waals surface area contributed by atoms with E-state index in [2.05, 4.69) is 4.74 Å². The van der Waals surface area contributed by atoms with Gasteiger partial charge in [-0.15, -0.1) is 11.3 Å². The number of carbonyl (C=O) groups is 1. The average Bonchev–Trinajstić information content (AvgIpc) is 2.97. The Morgan fingerprint density at radius 1 is 1.53 bits per heavy atom. The highest BCUT2D eigenvalue weighted by Crippen LogP contribution is 2.34. The van der Waals surface area contributed by atoms with Gasteiger partial charge in [-0.25, -0.2) is 0 Å². The predicted molar refractivity (Wildman–Crippen MR) is 64.9 cm³/mol. The van der Waals surface area contributed by atoms with Gasteiger partial charge in [0.2, 0.25) is 5.91 Å². The molecule has 1 aromatic heterocycles. The van der Waals surface area contributed by atoms with Crippen LogP contribution in [-0.4, -0.2) is 36.7 Å². The van der Waals surface area contributed by atoms with Gasteiger partial charge in [-0.3, -0.25) is 4.79 Å². The number of carbonyl (C=O) groups excluding carboxylic acids is 1. The number of likely N-dealkylation sites (tertiary alicyclic amines) is 1. The van der Waals surface area contributed by atoms with E-state index in [4.69, 9.17) is 0 Å². The highest BCUT2D eigenvalue weighted by molar-refractivity contribution is 7.10. The zero-order valence-electron chi connectivity index (χ0n) is 10.2. The Morgan fingerprint density at radius 3 is 2.95 bits per heavy atom. The van der Waals surface area contributed by atoms with Crippen molar-refractivity contribution >= 4 is 17.2 Å². The van der Waals surface area contributed by atoms with Crippen molar-refractivity contribution in [1.82, 2.24) is 4.90 Å². The number of hydrogen-bond acceptors (Lipinski definition) is 3. The van der Waals surface area contributed by atoms with E-state index in [0.717, 1.165) is 17.7 Å². The van der Waals surface area contributed by atoms with Crippen LogP contribution in [0.2, 0.25) is 0 Å². The maximum atomic E-state index is 11.9. The lowest BCUT2D eigenvalue weighted by molar-refractivity contribution is -0.178. The maximum absolute atomic E-state index is 11.9. The molecule has 1 fully saturated rings. The lowest BCUT2D eigenvalue weighted by Crippen LogP contribution is -2.34. The number of ether oxygens (including phenoxy) is 1. The Kier molecular flexibility index (Phi) is 4.46. The van der Waals surface area contributed by atoms with E-state index in [-0.39, 0.29) is 11.9 Å². The Bertz CT molecular complexity index is 419. The molecule has 0 bridgehead atoms. The molecule has 0 aromatic carbocycles. The first-order valence-corrected chi connectivity index (χ1v) is 6.83. The molecule has 7 heteroatoms. The molecule has 1 amide bonds. The summed E-state index contributed by atoms with van der Waals surface area (Å²) in [7, 11) is 0. The summed E-state index contributed by atoms with van der Waals surface area (Å²) >= 11 is 1.55. The van der Waals surface area contributed by atoms with Crippen molar-refractivity contribution in [3.63, 3.8) is 0 Å². The second-order valence-electron chi connectivity index (χ2n) is 4.37. The van der Waals surface area contributed by atoms with Gasteiger partial charge in [0.15, 0.2) is 0 Å². The van der Waals surface area contributed by atoms with Crippen LogP contribution in [-0.2, 0) is 9.53 Å². The number of nitrogens with zero attached hydrogens (tertiary/aromatic N) is 1. The molecule has 0 spiro atoms. The van der Waals surface area contributed by atoms with Crippen LogP contribution in [0.5, 0.6) is 0 Å². The van der Waals surface area contributed by atoms with Gasteiger partial charge in [0.05, 0.1) is 6.04 Å². The van der Waals surface area contributed by atoms with Crippen molar-refractivity contribution in [3.05, 3.63) is 22.4 Å². The zero-order chi connectivity index (χ0) is 13.9. The molecular weight excluding hydrogens is 279 g/mol. The molecule has 1 saturated heterocycles. The van der Waals surface area contributed by atoms with Gasteiger partial charge in [0, 0.05) is 11.4 Å². The zero-order valence-corrected chi connectivity index (χ0v) is 11.0. The van der Waals surface area contributed by atoms with Gasteiger partial charge in [-0.2, -0.15) is 13.2 Å². The summed E-state index contributed by atoms with van der Waals surface area (Å²) in [6.45, 7) is -1.31. The van der Waals surface area contributed by atoms with Gasteiger partial charge in [-0.05, 0) is 24.3 Å². The Hall–Kier alpha value is -1.08. The minimum atomic E-state index is -4.39. The summed E-state index contributed by atoms with van der Waals surface area (Å²) in [5, 5.41) is 1.93. The topological polar surface area (TPSA) is 29.5 Å². The van der Waals surface area contributed by atoms with Crippen molar-refractivity contribution < 1.29 is 22.7 Å². The molecule has 2 heterocycles. The van der Waals surface area contributed by atoms with Gasteiger partial charge < -0.3 is 9.64 Å². The third-order valence-electron chi connectivity index (χ3n) is 2.94. The Labute approximate surface area is 113 Å². The average molecular weight is 293 g/mol. The van der Waals surface area contributed by atoms with Gasteiger partial charge in [0.25, 0.3) is 0 Å². The van der Waals surface area contributed by atoms with Crippen LogP contribution in [0.1, 0.15) is 23.8 Å². The van der Waals surface area contributed by atoms with Crippen molar-refractivity contribution in [2.45, 2.75) is 25.1 Å². The van der Waals surface area contributed by atoms with Gasteiger partial charge in [-0.1, -0.05) is 6.07 Å². The van der Waals surface area contributed by atoms with Crippen molar-refractivity contribution in [2.24, 2.45) is 0 Å². The smallest absolute Gasteiger partial charge is 0.362 e. The predicted octanol–water partition coefficient (Wildman–Crippen LogP) is 2.99. The standard InChI is InChI=1S/C12H14F3NO2S/c13-12(14,15)8-18-7-11(17)16-5-1-3-9(16)10-4-2-6-19-10/h2,4,6,9H,1,3,5,7-8H2. The summed E-state index contributed by atoms with van der Waals surface area (Å²) in [4.78, 5) is 14.6. The van der Waals surface area contributed by atoms with E-state index in [0.29, 0.717) is 6.54 Å². The number of thiophene rings is 1. The molecule has 2 rings (SSSR count). The molecule has 1 aliphatic rings. The first-order chi connectivity index (χ1) is 8.97. The van der Waals surface area contributed by atoms with Crippen LogP contribution in [0.25, 0.3) is 0 Å². The molecule has 1 aliphatic heterocycles. The van der Waals surface area contributed by atoms with Crippen LogP contribution >= 0.6 is 11.3 Å². The number of rotatable bonds is 4. The molecule has 3 nitrogen and oxygen atoms in total. The third kappa shape index (κ3) is 3.94. The first kappa shape index (κ1) is 14.3. The molecule has 0 aliphatic carbocycles. The Morgan fingerprint density at radius 2 is 2.32 bits per heavy atom. The fraction of sp³-hybridized carbons (Fsp3) is 0.583. The highest BCUT2D eigenvalue weighted by Gasteiger charge is 2.32. The van der Waals surface area contributed by atoms with E-state index in [9.17, 15) is 18.0 Å². The molecule has 1 aromatic rings. The van der Waals surface area contributed by atoms with Gasteiger partial charge >= 0.3 is 6.18 Å². The second kappa shape index (κ2) is 5.92. The highest BCUT2D eigenvalue weighted by atomic mass is 32.1. The fourth-order valence-electron chi connectivity index (χ4n) is 2.18. The second-order valence-corrected chi connectivity index (χ2v) is 5.35. The van der Waals surface area contributed by atoms with Crippen molar-refractivity contribution in [3.8, 4) is 0 Å². The summed E-state index contributed by atoms with van der Waals surface area (Å²) in [6, 6.07) is 3.83. The van der Waals surface area contributed by atoms with Crippen LogP contribution in [0.4, 0.5) is 13.2 Å². The first-order valence-electron chi connectivity index (χ1n) is 5.95.